The van der Waals surface area contributed by atoms with E-state index in [0.717, 1.165) is 25.1 Å². The van der Waals surface area contributed by atoms with Crippen LogP contribution in [0.5, 0.6) is 0 Å². The van der Waals surface area contributed by atoms with Gasteiger partial charge in [0.1, 0.15) is 0 Å². The summed E-state index contributed by atoms with van der Waals surface area (Å²) in [5, 5.41) is 12.4. The first kappa shape index (κ1) is 14.1. The number of nitrogen functional groups attached to an aromatic ring is 1. The first-order chi connectivity index (χ1) is 8.92. The first-order valence-corrected chi connectivity index (χ1v) is 7.65. The molecule has 0 radical (unpaired) electrons. The van der Waals surface area contributed by atoms with Crippen LogP contribution in [0.4, 0.5) is 11.4 Å². The third-order valence-corrected chi connectivity index (χ3v) is 4.81. The Morgan fingerprint density at radius 1 is 1.42 bits per heavy atom. The number of hydrogen-bond donors (Lipinski definition) is 4. The van der Waals surface area contributed by atoms with Gasteiger partial charge in [-0.15, -0.1) is 0 Å². The highest BCUT2D eigenvalue weighted by molar-refractivity contribution is 7.89. The van der Waals surface area contributed by atoms with E-state index in [-0.39, 0.29) is 11.0 Å². The molecule has 1 aromatic rings. The van der Waals surface area contributed by atoms with Crippen molar-refractivity contribution in [3.05, 3.63) is 18.2 Å². The monoisotopic (exact) mass is 285 g/mol. The van der Waals surface area contributed by atoms with Gasteiger partial charge in [0, 0.05) is 6.54 Å². The van der Waals surface area contributed by atoms with E-state index in [4.69, 9.17) is 5.73 Å². The van der Waals surface area contributed by atoms with E-state index >= 15 is 0 Å². The van der Waals surface area contributed by atoms with E-state index in [1.807, 2.05) is 0 Å². The van der Waals surface area contributed by atoms with Gasteiger partial charge in [-0.3, -0.25) is 0 Å². The Kier molecular flexibility index (Phi) is 3.98. The van der Waals surface area contributed by atoms with Crippen molar-refractivity contribution in [3.63, 3.8) is 0 Å². The van der Waals surface area contributed by atoms with Crippen LogP contribution >= 0.6 is 0 Å². The number of rotatable bonds is 5. The van der Waals surface area contributed by atoms with Gasteiger partial charge in [-0.25, -0.2) is 13.1 Å². The number of sulfonamides is 1. The molecule has 7 heteroatoms. The van der Waals surface area contributed by atoms with Crippen LogP contribution in [0.15, 0.2) is 23.1 Å². The van der Waals surface area contributed by atoms with Crippen LogP contribution in [0.25, 0.3) is 0 Å². The molecule has 1 aliphatic carbocycles. The minimum Gasteiger partial charge on any atom is -0.397 e. The van der Waals surface area contributed by atoms with Crippen LogP contribution in [0.2, 0.25) is 0 Å². The second-order valence-electron chi connectivity index (χ2n) is 4.83. The Bertz CT molecular complexity index is 553. The number of nitrogens with two attached hydrogens (primary N) is 1. The quantitative estimate of drug-likeness (QED) is 0.585. The van der Waals surface area contributed by atoms with Crippen molar-refractivity contribution in [2.75, 3.05) is 24.6 Å². The summed E-state index contributed by atoms with van der Waals surface area (Å²) >= 11 is 0. The molecule has 0 atom stereocenters. The molecule has 0 amide bonds. The average molecular weight is 285 g/mol. The zero-order valence-corrected chi connectivity index (χ0v) is 11.6. The van der Waals surface area contributed by atoms with E-state index in [2.05, 4.69) is 10.0 Å². The van der Waals surface area contributed by atoms with Crippen molar-refractivity contribution in [2.24, 2.45) is 5.92 Å². The van der Waals surface area contributed by atoms with E-state index in [9.17, 15) is 13.5 Å². The third-order valence-electron chi connectivity index (χ3n) is 3.39. The Morgan fingerprint density at radius 3 is 2.63 bits per heavy atom. The molecular formula is C12H19N3O3S. The number of aliphatic hydroxyl groups is 1. The lowest BCUT2D eigenvalue weighted by molar-refractivity contribution is 0.0487. The minimum atomic E-state index is -3.46. The van der Waals surface area contributed by atoms with E-state index in [0.29, 0.717) is 11.6 Å². The maximum absolute atomic E-state index is 11.6. The summed E-state index contributed by atoms with van der Waals surface area (Å²) in [4.78, 5) is 0.150. The van der Waals surface area contributed by atoms with Crippen LogP contribution in [0, 0.1) is 5.92 Å². The van der Waals surface area contributed by atoms with Crippen molar-refractivity contribution in [2.45, 2.75) is 23.8 Å². The summed E-state index contributed by atoms with van der Waals surface area (Å²) in [6.45, 7) is 0.736. The molecule has 0 bridgehead atoms. The topological polar surface area (TPSA) is 104 Å². The van der Waals surface area contributed by atoms with Crippen LogP contribution in [0.3, 0.4) is 0 Å². The van der Waals surface area contributed by atoms with Crippen LogP contribution in [-0.4, -0.2) is 33.2 Å². The molecule has 1 aromatic carbocycles. The van der Waals surface area contributed by atoms with E-state index in [1.165, 1.54) is 19.2 Å². The van der Waals surface area contributed by atoms with Crippen LogP contribution in [-0.2, 0) is 10.0 Å². The number of nitrogens with one attached hydrogen (secondary N) is 2. The molecule has 0 aromatic heterocycles. The molecule has 0 heterocycles. The molecule has 0 aliphatic heterocycles. The van der Waals surface area contributed by atoms with Crippen LogP contribution in [0.1, 0.15) is 12.8 Å². The van der Waals surface area contributed by atoms with Crippen molar-refractivity contribution in [3.8, 4) is 0 Å². The number of aliphatic hydroxyl groups excluding tert-OH is 1. The largest absolute Gasteiger partial charge is 0.397 e. The Hall–Kier alpha value is -1.31. The van der Waals surface area contributed by atoms with Gasteiger partial charge in [0.15, 0.2) is 0 Å². The number of anilines is 2. The maximum atomic E-state index is 11.6. The van der Waals surface area contributed by atoms with Crippen molar-refractivity contribution < 1.29 is 13.5 Å². The molecule has 0 unspecified atom stereocenters. The molecule has 1 aliphatic rings. The molecule has 106 valence electrons. The van der Waals surface area contributed by atoms with Crippen molar-refractivity contribution in [1.29, 1.82) is 0 Å². The van der Waals surface area contributed by atoms with Gasteiger partial charge in [-0.1, -0.05) is 0 Å². The fourth-order valence-corrected chi connectivity index (χ4v) is 2.87. The smallest absolute Gasteiger partial charge is 0.240 e. The molecule has 1 saturated carbocycles. The lowest BCUT2D eigenvalue weighted by Crippen LogP contribution is -2.33. The molecular weight excluding hydrogens is 266 g/mol. The lowest BCUT2D eigenvalue weighted by Gasteiger charge is -2.31. The van der Waals surface area contributed by atoms with Gasteiger partial charge in [-0.2, -0.15) is 0 Å². The van der Waals surface area contributed by atoms with Gasteiger partial charge in [-0.05, 0) is 44.0 Å². The fourth-order valence-electron chi connectivity index (χ4n) is 2.11. The molecule has 0 spiro atoms. The summed E-state index contributed by atoms with van der Waals surface area (Å²) in [7, 11) is -2.10. The van der Waals surface area contributed by atoms with Gasteiger partial charge < -0.3 is 16.2 Å². The minimum absolute atomic E-state index is 0.150. The summed E-state index contributed by atoms with van der Waals surface area (Å²) in [5.74, 6) is 0.454. The summed E-state index contributed by atoms with van der Waals surface area (Å²) in [6, 6.07) is 4.61. The maximum Gasteiger partial charge on any atom is 0.240 e. The summed E-state index contributed by atoms with van der Waals surface area (Å²) in [6.07, 6.45) is 1.44. The Balaban J connectivity index is 2.03. The highest BCUT2D eigenvalue weighted by atomic mass is 32.2. The molecule has 19 heavy (non-hydrogen) atoms. The van der Waals surface area contributed by atoms with Gasteiger partial charge in [0.05, 0.1) is 22.4 Å². The molecule has 6 nitrogen and oxygen atoms in total. The molecule has 2 rings (SSSR count). The van der Waals surface area contributed by atoms with Gasteiger partial charge in [0.2, 0.25) is 10.0 Å². The van der Waals surface area contributed by atoms with Crippen molar-refractivity contribution in [1.82, 2.24) is 4.72 Å². The molecule has 1 fully saturated rings. The van der Waals surface area contributed by atoms with E-state index in [1.54, 1.807) is 6.07 Å². The predicted molar refractivity (Wildman–Crippen MR) is 74.3 cm³/mol. The zero-order chi connectivity index (χ0) is 14.0. The average Bonchev–Trinajstić information content (AvgIpc) is 2.34. The highest BCUT2D eigenvalue weighted by Crippen LogP contribution is 2.29. The zero-order valence-electron chi connectivity index (χ0n) is 10.8. The third kappa shape index (κ3) is 3.17. The lowest BCUT2D eigenvalue weighted by atomic mass is 9.82. The standard InChI is InChI=1S/C12H19N3O3S/c1-14-19(17,18)10-2-3-12(11(13)6-10)15-7-8-4-9(16)5-8/h2-3,6,8-9,14-16H,4-5,7,13H2,1H3. The Labute approximate surface area is 113 Å². The summed E-state index contributed by atoms with van der Waals surface area (Å²) in [5.41, 5.74) is 6.96. The fraction of sp³-hybridized carbons (Fsp3) is 0.500. The second-order valence-corrected chi connectivity index (χ2v) is 6.72. The summed E-state index contributed by atoms with van der Waals surface area (Å²) < 4.78 is 25.5. The second kappa shape index (κ2) is 5.36. The number of hydrogen-bond acceptors (Lipinski definition) is 5. The normalized spacial score (nSPS) is 22.8. The van der Waals surface area contributed by atoms with Gasteiger partial charge in [0.25, 0.3) is 0 Å². The molecule has 0 saturated heterocycles. The van der Waals surface area contributed by atoms with E-state index < -0.39 is 10.0 Å². The SMILES string of the molecule is CNS(=O)(=O)c1ccc(NCC2CC(O)C2)c(N)c1. The Morgan fingerprint density at radius 2 is 2.11 bits per heavy atom. The number of benzene rings is 1. The van der Waals surface area contributed by atoms with Crippen LogP contribution < -0.4 is 15.8 Å². The highest BCUT2D eigenvalue weighted by Gasteiger charge is 2.26. The first-order valence-electron chi connectivity index (χ1n) is 6.17. The molecule has 5 N–H and O–H groups in total. The van der Waals surface area contributed by atoms with Crippen molar-refractivity contribution >= 4 is 21.4 Å². The van der Waals surface area contributed by atoms with Gasteiger partial charge >= 0.3 is 0 Å². The predicted octanol–water partition coefficient (Wildman–Crippen LogP) is 0.360.